The monoisotopic (exact) mass is 456 g/mol. The molecule has 0 radical (unpaired) electrons. The first kappa shape index (κ1) is 23.2. The second kappa shape index (κ2) is 10.3. The zero-order valence-electron chi connectivity index (χ0n) is 19.3. The predicted molar refractivity (Wildman–Crippen MR) is 130 cm³/mol. The van der Waals surface area contributed by atoms with E-state index >= 15 is 0 Å². The fraction of sp³-hybridized carbons (Fsp3) is 0.259. The van der Waals surface area contributed by atoms with Crippen LogP contribution in [0.5, 0.6) is 0 Å². The van der Waals surface area contributed by atoms with Crippen LogP contribution in [0.15, 0.2) is 85.2 Å². The maximum absolute atomic E-state index is 13.6. The minimum atomic E-state index is -0.890. The van der Waals surface area contributed by atoms with Gasteiger partial charge < -0.3 is 10.2 Å². The van der Waals surface area contributed by atoms with E-state index in [1.165, 1.54) is 4.90 Å². The molecule has 174 valence electrons. The first-order chi connectivity index (χ1) is 16.5. The van der Waals surface area contributed by atoms with Gasteiger partial charge >= 0.3 is 6.03 Å². The number of aromatic nitrogens is 1. The SMILES string of the molecule is CC[C@@H](NC(=O)N1C(=O)[C@H](Cc2ccncc2)[C@H]1C(=O)N(C)c1ccccc1)c1ccccc1. The summed E-state index contributed by atoms with van der Waals surface area (Å²) in [4.78, 5) is 46.6. The van der Waals surface area contributed by atoms with E-state index in [1.807, 2.05) is 79.7 Å². The molecule has 34 heavy (non-hydrogen) atoms. The number of hydrogen-bond donors (Lipinski definition) is 1. The van der Waals surface area contributed by atoms with Crippen LogP contribution < -0.4 is 10.2 Å². The van der Waals surface area contributed by atoms with Crippen molar-refractivity contribution in [1.82, 2.24) is 15.2 Å². The highest BCUT2D eigenvalue weighted by Crippen LogP contribution is 2.33. The van der Waals surface area contributed by atoms with Crippen LogP contribution in [0.2, 0.25) is 0 Å². The van der Waals surface area contributed by atoms with E-state index in [-0.39, 0.29) is 17.9 Å². The number of nitrogens with zero attached hydrogens (tertiary/aromatic N) is 3. The Hall–Kier alpha value is -4.00. The third-order valence-electron chi connectivity index (χ3n) is 6.27. The number of likely N-dealkylation sites (N-methyl/N-ethyl adjacent to an activating group) is 1. The Labute approximate surface area is 199 Å². The van der Waals surface area contributed by atoms with Crippen LogP contribution in [0.3, 0.4) is 0 Å². The first-order valence-corrected chi connectivity index (χ1v) is 11.4. The quantitative estimate of drug-likeness (QED) is 0.546. The summed E-state index contributed by atoms with van der Waals surface area (Å²) in [7, 11) is 1.67. The number of carbonyl (C=O) groups excluding carboxylic acids is 3. The molecular weight excluding hydrogens is 428 g/mol. The molecule has 0 bridgehead atoms. The number of para-hydroxylation sites is 1. The number of rotatable bonds is 7. The van der Waals surface area contributed by atoms with Crippen LogP contribution in [0.1, 0.15) is 30.5 Å². The lowest BCUT2D eigenvalue weighted by Crippen LogP contribution is -2.70. The topological polar surface area (TPSA) is 82.6 Å². The second-order valence-electron chi connectivity index (χ2n) is 8.37. The molecule has 1 saturated heterocycles. The van der Waals surface area contributed by atoms with Crippen molar-refractivity contribution in [2.24, 2.45) is 5.92 Å². The maximum atomic E-state index is 13.6. The molecule has 1 aliphatic rings. The van der Waals surface area contributed by atoms with E-state index in [1.54, 1.807) is 19.4 Å². The standard InChI is InChI=1S/C27H28N4O3/c1-3-23(20-10-6-4-7-11-20)29-27(34)31-24(26(33)30(2)21-12-8-5-9-13-21)22(25(31)32)18-19-14-16-28-17-15-19/h4-17,22-24H,3,18H2,1-2H3,(H,29,34)/t22-,23-,24+/m1/s1. The van der Waals surface area contributed by atoms with Gasteiger partial charge in [-0.3, -0.25) is 19.5 Å². The van der Waals surface area contributed by atoms with Gasteiger partial charge in [0.05, 0.1) is 12.0 Å². The van der Waals surface area contributed by atoms with E-state index in [4.69, 9.17) is 0 Å². The summed E-state index contributed by atoms with van der Waals surface area (Å²) < 4.78 is 0. The van der Waals surface area contributed by atoms with Crippen molar-refractivity contribution in [3.8, 4) is 0 Å². The van der Waals surface area contributed by atoms with Crippen LogP contribution in [-0.4, -0.2) is 40.8 Å². The van der Waals surface area contributed by atoms with Gasteiger partial charge in [0, 0.05) is 25.1 Å². The maximum Gasteiger partial charge on any atom is 0.325 e. The molecule has 1 aliphatic heterocycles. The summed E-state index contributed by atoms with van der Waals surface area (Å²) in [5.41, 5.74) is 2.54. The van der Waals surface area contributed by atoms with Gasteiger partial charge in [-0.25, -0.2) is 4.79 Å². The number of benzene rings is 2. The van der Waals surface area contributed by atoms with Crippen LogP contribution in [0, 0.1) is 5.92 Å². The van der Waals surface area contributed by atoms with E-state index in [0.29, 0.717) is 18.5 Å². The Bertz CT molecular complexity index is 1140. The van der Waals surface area contributed by atoms with Gasteiger partial charge in [0.2, 0.25) is 5.91 Å². The van der Waals surface area contributed by atoms with Crippen molar-refractivity contribution in [3.05, 3.63) is 96.3 Å². The first-order valence-electron chi connectivity index (χ1n) is 11.4. The Morgan fingerprint density at radius 2 is 1.62 bits per heavy atom. The highest BCUT2D eigenvalue weighted by atomic mass is 16.2. The normalized spacial score (nSPS) is 18.1. The third-order valence-corrected chi connectivity index (χ3v) is 6.27. The summed E-state index contributed by atoms with van der Waals surface area (Å²) in [6.07, 6.45) is 4.32. The summed E-state index contributed by atoms with van der Waals surface area (Å²) in [6.45, 7) is 1.97. The number of pyridine rings is 1. The molecule has 3 aromatic rings. The molecule has 2 aromatic carbocycles. The lowest BCUT2D eigenvalue weighted by atomic mass is 9.81. The summed E-state index contributed by atoms with van der Waals surface area (Å²) >= 11 is 0. The lowest BCUT2D eigenvalue weighted by Gasteiger charge is -2.46. The highest BCUT2D eigenvalue weighted by Gasteiger charge is 2.55. The minimum Gasteiger partial charge on any atom is -0.331 e. The average Bonchev–Trinajstić information content (AvgIpc) is 2.89. The Morgan fingerprint density at radius 1 is 1.00 bits per heavy atom. The molecule has 7 nitrogen and oxygen atoms in total. The molecule has 2 heterocycles. The molecule has 4 rings (SSSR count). The zero-order chi connectivity index (χ0) is 24.1. The van der Waals surface area contributed by atoms with Gasteiger partial charge in [0.25, 0.3) is 5.91 Å². The minimum absolute atomic E-state index is 0.261. The number of nitrogens with one attached hydrogen (secondary N) is 1. The van der Waals surface area contributed by atoms with Crippen LogP contribution >= 0.6 is 0 Å². The summed E-state index contributed by atoms with van der Waals surface area (Å²) in [5.74, 6) is -1.27. The number of carbonyl (C=O) groups is 3. The van der Waals surface area contributed by atoms with Crippen molar-refractivity contribution in [2.45, 2.75) is 31.8 Å². The van der Waals surface area contributed by atoms with Gasteiger partial charge in [-0.2, -0.15) is 0 Å². The van der Waals surface area contributed by atoms with Crippen LogP contribution in [0.25, 0.3) is 0 Å². The Kier molecular flexibility index (Phi) is 7.01. The molecule has 0 saturated carbocycles. The zero-order valence-corrected chi connectivity index (χ0v) is 19.3. The smallest absolute Gasteiger partial charge is 0.325 e. The number of β-lactam (4-membered cyclic amide) rings is 1. The van der Waals surface area contributed by atoms with Crippen LogP contribution in [-0.2, 0) is 16.0 Å². The largest absolute Gasteiger partial charge is 0.331 e. The van der Waals surface area contributed by atoms with E-state index in [9.17, 15) is 14.4 Å². The number of imide groups is 1. The Balaban J connectivity index is 1.58. The fourth-order valence-corrected chi connectivity index (χ4v) is 4.33. The van der Waals surface area contributed by atoms with Gasteiger partial charge in [-0.15, -0.1) is 0 Å². The number of likely N-dealkylation sites (tertiary alicyclic amines) is 1. The molecule has 0 unspecified atom stereocenters. The van der Waals surface area contributed by atoms with Gasteiger partial charge in [-0.1, -0.05) is 55.5 Å². The van der Waals surface area contributed by atoms with Crippen molar-refractivity contribution in [3.63, 3.8) is 0 Å². The van der Waals surface area contributed by atoms with E-state index < -0.39 is 18.0 Å². The van der Waals surface area contributed by atoms with Crippen molar-refractivity contribution in [1.29, 1.82) is 0 Å². The third kappa shape index (κ3) is 4.69. The molecule has 1 aromatic heterocycles. The van der Waals surface area contributed by atoms with Gasteiger partial charge in [0.15, 0.2) is 0 Å². The van der Waals surface area contributed by atoms with E-state index in [2.05, 4.69) is 10.3 Å². The molecular formula is C27H28N4O3. The molecule has 3 atom stereocenters. The number of hydrogen-bond acceptors (Lipinski definition) is 4. The summed E-state index contributed by atoms with van der Waals surface area (Å²) in [6, 6.07) is 20.7. The number of urea groups is 1. The molecule has 1 N–H and O–H groups in total. The number of amides is 4. The van der Waals surface area contributed by atoms with Crippen molar-refractivity contribution in [2.75, 3.05) is 11.9 Å². The fourth-order valence-electron chi connectivity index (χ4n) is 4.33. The predicted octanol–water partition coefficient (Wildman–Crippen LogP) is 3.98. The molecule has 1 fully saturated rings. The van der Waals surface area contributed by atoms with Crippen LogP contribution in [0.4, 0.5) is 10.5 Å². The summed E-state index contributed by atoms with van der Waals surface area (Å²) in [5, 5.41) is 2.95. The lowest BCUT2D eigenvalue weighted by molar-refractivity contribution is -0.156. The average molecular weight is 457 g/mol. The van der Waals surface area contributed by atoms with Crippen molar-refractivity contribution < 1.29 is 14.4 Å². The second-order valence-corrected chi connectivity index (χ2v) is 8.37. The molecule has 4 amide bonds. The molecule has 0 spiro atoms. The molecule has 7 heteroatoms. The van der Waals surface area contributed by atoms with Crippen molar-refractivity contribution >= 4 is 23.5 Å². The number of anilines is 1. The Morgan fingerprint density at radius 3 is 2.24 bits per heavy atom. The molecule has 0 aliphatic carbocycles. The van der Waals surface area contributed by atoms with Gasteiger partial charge in [-0.05, 0) is 48.2 Å². The highest BCUT2D eigenvalue weighted by molar-refractivity contribution is 6.12. The van der Waals surface area contributed by atoms with E-state index in [0.717, 1.165) is 16.0 Å². The van der Waals surface area contributed by atoms with Gasteiger partial charge in [0.1, 0.15) is 6.04 Å².